The van der Waals surface area contributed by atoms with Crippen molar-refractivity contribution in [1.82, 2.24) is 15.6 Å². The number of rotatable bonds is 6. The number of carbonyl (C=O) groups excluding carboxylic acids is 1. The standard InChI is InChI=1S/C16H18N4O3/c1-2-23-14-5-3-4-11(15(14)21)9-17-20-16(22)13-8-12(18-19-13)10-6-7-10/h3-5,8-10,21H,2,6-7H2,1H3,(H,18,19)(H,20,22)/b17-9-. The minimum absolute atomic E-state index is 0.0110. The number of nitrogens with one attached hydrogen (secondary N) is 2. The molecule has 0 spiro atoms. The van der Waals surface area contributed by atoms with E-state index in [4.69, 9.17) is 4.74 Å². The first-order chi connectivity index (χ1) is 11.2. The maximum atomic E-state index is 12.0. The predicted molar refractivity (Wildman–Crippen MR) is 84.9 cm³/mol. The lowest BCUT2D eigenvalue weighted by molar-refractivity contribution is 0.0950. The number of aromatic nitrogens is 2. The monoisotopic (exact) mass is 314 g/mol. The number of hydrogen-bond acceptors (Lipinski definition) is 5. The van der Waals surface area contributed by atoms with Crippen LogP contribution in [0, 0.1) is 0 Å². The molecule has 120 valence electrons. The summed E-state index contributed by atoms with van der Waals surface area (Å²) < 4.78 is 5.29. The van der Waals surface area contributed by atoms with Crippen molar-refractivity contribution in [1.29, 1.82) is 0 Å². The zero-order valence-corrected chi connectivity index (χ0v) is 12.7. The minimum atomic E-state index is -0.398. The van der Waals surface area contributed by atoms with Crippen LogP contribution in [0.25, 0.3) is 0 Å². The third kappa shape index (κ3) is 3.50. The average molecular weight is 314 g/mol. The second kappa shape index (κ2) is 6.51. The van der Waals surface area contributed by atoms with E-state index in [2.05, 4.69) is 20.7 Å². The fourth-order valence-electron chi connectivity index (χ4n) is 2.19. The minimum Gasteiger partial charge on any atom is -0.504 e. The van der Waals surface area contributed by atoms with Gasteiger partial charge < -0.3 is 9.84 Å². The van der Waals surface area contributed by atoms with E-state index in [9.17, 15) is 9.90 Å². The Morgan fingerprint density at radius 2 is 2.39 bits per heavy atom. The summed E-state index contributed by atoms with van der Waals surface area (Å²) in [6.45, 7) is 2.29. The molecule has 1 fully saturated rings. The summed E-state index contributed by atoms with van der Waals surface area (Å²) in [5.41, 5.74) is 4.14. The van der Waals surface area contributed by atoms with Crippen LogP contribution < -0.4 is 10.2 Å². The van der Waals surface area contributed by atoms with Crippen LogP contribution in [0.1, 0.15) is 47.4 Å². The third-order valence-electron chi connectivity index (χ3n) is 3.55. The second-order valence-corrected chi connectivity index (χ2v) is 5.31. The molecule has 0 bridgehead atoms. The number of benzene rings is 1. The van der Waals surface area contributed by atoms with Gasteiger partial charge in [0.05, 0.1) is 12.8 Å². The number of phenolic OH excluding ortho intramolecular Hbond substituents is 1. The topological polar surface area (TPSA) is 99.6 Å². The number of H-pyrrole nitrogens is 1. The van der Waals surface area contributed by atoms with Gasteiger partial charge in [0.25, 0.3) is 5.91 Å². The first kappa shape index (κ1) is 15.1. The summed E-state index contributed by atoms with van der Waals surface area (Å²) in [5, 5.41) is 20.7. The molecular weight excluding hydrogens is 296 g/mol. The highest BCUT2D eigenvalue weighted by molar-refractivity contribution is 5.93. The number of hydrogen-bond donors (Lipinski definition) is 3. The molecule has 23 heavy (non-hydrogen) atoms. The maximum Gasteiger partial charge on any atom is 0.291 e. The lowest BCUT2D eigenvalue weighted by Crippen LogP contribution is -2.18. The molecule has 3 rings (SSSR count). The predicted octanol–water partition coefficient (Wildman–Crippen LogP) is 2.16. The van der Waals surface area contributed by atoms with E-state index >= 15 is 0 Å². The highest BCUT2D eigenvalue weighted by Gasteiger charge is 2.26. The van der Waals surface area contributed by atoms with Crippen LogP contribution in [0.3, 0.4) is 0 Å². The van der Waals surface area contributed by atoms with Crippen molar-refractivity contribution < 1.29 is 14.6 Å². The highest BCUT2D eigenvalue weighted by Crippen LogP contribution is 2.38. The number of phenols is 1. The fourth-order valence-corrected chi connectivity index (χ4v) is 2.19. The van der Waals surface area contributed by atoms with Gasteiger partial charge in [0.15, 0.2) is 17.2 Å². The van der Waals surface area contributed by atoms with Crippen molar-refractivity contribution in [3.8, 4) is 11.5 Å². The number of hydrazone groups is 1. The molecule has 0 aliphatic heterocycles. The van der Waals surface area contributed by atoms with Crippen LogP contribution in [0.2, 0.25) is 0 Å². The van der Waals surface area contributed by atoms with Gasteiger partial charge in [-0.25, -0.2) is 5.43 Å². The molecule has 7 heteroatoms. The Morgan fingerprint density at radius 1 is 1.57 bits per heavy atom. The number of ether oxygens (including phenoxy) is 1. The van der Waals surface area contributed by atoms with Crippen LogP contribution in [-0.4, -0.2) is 34.0 Å². The molecule has 1 amide bonds. The molecule has 0 atom stereocenters. The maximum absolute atomic E-state index is 12.0. The van der Waals surface area contributed by atoms with E-state index in [0.29, 0.717) is 29.5 Å². The zero-order chi connectivity index (χ0) is 16.2. The molecule has 1 aromatic carbocycles. The fraction of sp³-hybridized carbons (Fsp3) is 0.312. The summed E-state index contributed by atoms with van der Waals surface area (Å²) in [7, 11) is 0. The first-order valence-electron chi connectivity index (χ1n) is 7.52. The van der Waals surface area contributed by atoms with E-state index in [1.807, 2.05) is 6.92 Å². The van der Waals surface area contributed by atoms with Gasteiger partial charge in [-0.2, -0.15) is 10.2 Å². The zero-order valence-electron chi connectivity index (χ0n) is 12.7. The molecule has 1 heterocycles. The summed E-state index contributed by atoms with van der Waals surface area (Å²) in [5.74, 6) is 0.475. The SMILES string of the molecule is CCOc1cccc(/C=N\NC(=O)c2cc(C3CC3)[nH]n2)c1O. The van der Waals surface area contributed by atoms with Gasteiger partial charge in [0.1, 0.15) is 0 Å². The molecule has 1 aliphatic rings. The van der Waals surface area contributed by atoms with E-state index in [-0.39, 0.29) is 5.75 Å². The molecule has 1 aromatic heterocycles. The smallest absolute Gasteiger partial charge is 0.291 e. The number of carbonyl (C=O) groups is 1. The Hall–Kier alpha value is -2.83. The third-order valence-corrected chi connectivity index (χ3v) is 3.55. The molecule has 0 radical (unpaired) electrons. The lowest BCUT2D eigenvalue weighted by Gasteiger charge is -2.06. The van der Waals surface area contributed by atoms with E-state index in [0.717, 1.165) is 18.5 Å². The van der Waals surface area contributed by atoms with Crippen molar-refractivity contribution in [3.05, 3.63) is 41.2 Å². The first-order valence-corrected chi connectivity index (χ1v) is 7.52. The van der Waals surface area contributed by atoms with Gasteiger partial charge in [0, 0.05) is 17.2 Å². The number of aromatic hydroxyl groups is 1. The Labute approximate surface area is 133 Å². The van der Waals surface area contributed by atoms with Crippen LogP contribution in [-0.2, 0) is 0 Å². The Morgan fingerprint density at radius 3 is 3.13 bits per heavy atom. The summed E-state index contributed by atoms with van der Waals surface area (Å²) in [4.78, 5) is 12.0. The van der Waals surface area contributed by atoms with Gasteiger partial charge in [-0.15, -0.1) is 0 Å². The lowest BCUT2D eigenvalue weighted by atomic mass is 10.2. The normalized spacial score (nSPS) is 14.1. The molecular formula is C16H18N4O3. The average Bonchev–Trinajstić information content (AvgIpc) is 3.28. The van der Waals surface area contributed by atoms with E-state index < -0.39 is 5.91 Å². The Kier molecular flexibility index (Phi) is 4.27. The summed E-state index contributed by atoms with van der Waals surface area (Å²) in [6, 6.07) is 6.82. The number of amides is 1. The van der Waals surface area contributed by atoms with Gasteiger partial charge in [-0.1, -0.05) is 6.07 Å². The van der Waals surface area contributed by atoms with Crippen molar-refractivity contribution in [2.45, 2.75) is 25.7 Å². The highest BCUT2D eigenvalue weighted by atomic mass is 16.5. The second-order valence-electron chi connectivity index (χ2n) is 5.31. The van der Waals surface area contributed by atoms with Crippen LogP contribution in [0.5, 0.6) is 11.5 Å². The Balaban J connectivity index is 1.63. The molecule has 2 aromatic rings. The van der Waals surface area contributed by atoms with Crippen molar-refractivity contribution in [2.24, 2.45) is 5.10 Å². The molecule has 1 saturated carbocycles. The number of para-hydroxylation sites is 1. The summed E-state index contributed by atoms with van der Waals surface area (Å²) >= 11 is 0. The van der Waals surface area contributed by atoms with Gasteiger partial charge in [0.2, 0.25) is 0 Å². The molecule has 0 saturated heterocycles. The summed E-state index contributed by atoms with van der Waals surface area (Å²) in [6.07, 6.45) is 3.64. The van der Waals surface area contributed by atoms with Crippen LogP contribution in [0.15, 0.2) is 29.4 Å². The largest absolute Gasteiger partial charge is 0.504 e. The van der Waals surface area contributed by atoms with Gasteiger partial charge >= 0.3 is 0 Å². The number of aromatic amines is 1. The van der Waals surface area contributed by atoms with Crippen LogP contribution in [0.4, 0.5) is 0 Å². The molecule has 1 aliphatic carbocycles. The van der Waals surface area contributed by atoms with E-state index in [1.54, 1.807) is 24.3 Å². The number of nitrogens with zero attached hydrogens (tertiary/aromatic N) is 2. The Bertz CT molecular complexity index is 735. The van der Waals surface area contributed by atoms with Crippen molar-refractivity contribution >= 4 is 12.1 Å². The molecule has 3 N–H and O–H groups in total. The molecule has 0 unspecified atom stereocenters. The molecule has 7 nitrogen and oxygen atoms in total. The van der Waals surface area contributed by atoms with E-state index in [1.165, 1.54) is 6.21 Å². The van der Waals surface area contributed by atoms with Crippen molar-refractivity contribution in [3.63, 3.8) is 0 Å². The van der Waals surface area contributed by atoms with Crippen LogP contribution >= 0.6 is 0 Å². The van der Waals surface area contributed by atoms with Gasteiger partial charge in [-0.05, 0) is 38.0 Å². The van der Waals surface area contributed by atoms with Crippen molar-refractivity contribution in [2.75, 3.05) is 6.61 Å². The quantitative estimate of drug-likeness (QED) is 0.562. The van der Waals surface area contributed by atoms with Gasteiger partial charge in [-0.3, -0.25) is 9.89 Å².